The molecule has 1 heterocycles. The molecule has 0 unspecified atom stereocenters. The fourth-order valence-electron chi connectivity index (χ4n) is 1.22. The molecule has 1 amide bonds. The van der Waals surface area contributed by atoms with Crippen LogP contribution in [0.3, 0.4) is 0 Å². The number of aryl methyl sites for hydroxylation is 1. The van der Waals surface area contributed by atoms with Gasteiger partial charge in [-0.05, 0) is 13.3 Å². The molecule has 0 fully saturated rings. The molecule has 0 atom stereocenters. The fourth-order valence-corrected chi connectivity index (χ4v) is 1.22. The van der Waals surface area contributed by atoms with Crippen LogP contribution in [0.5, 0.6) is 0 Å². The summed E-state index contributed by atoms with van der Waals surface area (Å²) in [5, 5.41) is 5.67. The van der Waals surface area contributed by atoms with Gasteiger partial charge in [-0.25, -0.2) is 10.8 Å². The SMILES string of the molecule is CCCNC(=O)CNc1cc(C)nc(NN)n1. The van der Waals surface area contributed by atoms with Gasteiger partial charge >= 0.3 is 0 Å². The molecule has 0 aromatic carbocycles. The number of carbonyl (C=O) groups excluding carboxylic acids is 1. The Hall–Kier alpha value is -1.89. The third kappa shape index (κ3) is 4.64. The molecule has 0 radical (unpaired) electrons. The molecule has 0 saturated carbocycles. The minimum atomic E-state index is -0.0645. The molecule has 17 heavy (non-hydrogen) atoms. The first-order valence-electron chi connectivity index (χ1n) is 5.48. The molecule has 1 rings (SSSR count). The molecule has 1 aromatic rings. The number of nitrogens with two attached hydrogens (primary N) is 1. The van der Waals surface area contributed by atoms with Crippen molar-refractivity contribution < 1.29 is 4.79 Å². The average Bonchev–Trinajstić information content (AvgIpc) is 2.33. The van der Waals surface area contributed by atoms with E-state index in [2.05, 4.69) is 26.0 Å². The molecule has 0 aliphatic carbocycles. The maximum atomic E-state index is 11.4. The van der Waals surface area contributed by atoms with E-state index >= 15 is 0 Å². The number of carbonyl (C=O) groups is 1. The Labute approximate surface area is 100 Å². The maximum absolute atomic E-state index is 11.4. The van der Waals surface area contributed by atoms with Gasteiger partial charge in [0.05, 0.1) is 6.54 Å². The lowest BCUT2D eigenvalue weighted by Crippen LogP contribution is -2.30. The molecular weight excluding hydrogens is 220 g/mol. The average molecular weight is 238 g/mol. The number of nitrogens with zero attached hydrogens (tertiary/aromatic N) is 2. The van der Waals surface area contributed by atoms with Gasteiger partial charge in [-0.1, -0.05) is 6.92 Å². The first kappa shape index (κ1) is 13.2. The second-order valence-corrected chi connectivity index (χ2v) is 3.57. The van der Waals surface area contributed by atoms with Crippen LogP contribution < -0.4 is 21.9 Å². The Morgan fingerprint density at radius 3 is 2.88 bits per heavy atom. The molecule has 1 aromatic heterocycles. The lowest BCUT2D eigenvalue weighted by atomic mass is 10.4. The monoisotopic (exact) mass is 238 g/mol. The second kappa shape index (κ2) is 6.64. The molecule has 0 saturated heterocycles. The smallest absolute Gasteiger partial charge is 0.239 e. The highest BCUT2D eigenvalue weighted by molar-refractivity contribution is 5.80. The van der Waals surface area contributed by atoms with Crippen LogP contribution in [0.15, 0.2) is 6.07 Å². The predicted octanol–water partition coefficient (Wildman–Crippen LogP) is 0.00872. The van der Waals surface area contributed by atoms with Crippen LogP contribution in [-0.2, 0) is 4.79 Å². The molecule has 0 aliphatic heterocycles. The topological polar surface area (TPSA) is 105 Å². The zero-order valence-corrected chi connectivity index (χ0v) is 10.1. The van der Waals surface area contributed by atoms with Crippen molar-refractivity contribution in [2.45, 2.75) is 20.3 Å². The Balaban J connectivity index is 2.51. The Bertz CT molecular complexity index is 381. The van der Waals surface area contributed by atoms with E-state index in [-0.39, 0.29) is 12.5 Å². The third-order valence-electron chi connectivity index (χ3n) is 1.99. The van der Waals surface area contributed by atoms with Crippen molar-refractivity contribution >= 4 is 17.7 Å². The van der Waals surface area contributed by atoms with Crippen molar-refractivity contribution in [2.24, 2.45) is 5.84 Å². The van der Waals surface area contributed by atoms with Crippen molar-refractivity contribution in [1.29, 1.82) is 0 Å². The number of rotatable bonds is 6. The minimum Gasteiger partial charge on any atom is -0.361 e. The summed E-state index contributed by atoms with van der Waals surface area (Å²) in [6, 6.07) is 1.74. The maximum Gasteiger partial charge on any atom is 0.239 e. The standard InChI is InChI=1S/C10H18N6O/c1-3-4-12-9(17)6-13-8-5-7(2)14-10(15-8)16-11/h5H,3-4,6,11H2,1-2H3,(H,12,17)(H2,13,14,15,16). The van der Waals surface area contributed by atoms with Crippen LogP contribution in [0.4, 0.5) is 11.8 Å². The summed E-state index contributed by atoms with van der Waals surface area (Å²) in [4.78, 5) is 19.5. The summed E-state index contributed by atoms with van der Waals surface area (Å²) in [5.74, 6) is 6.05. The number of hydrazine groups is 1. The van der Waals surface area contributed by atoms with E-state index in [0.717, 1.165) is 12.1 Å². The largest absolute Gasteiger partial charge is 0.361 e. The summed E-state index contributed by atoms with van der Waals surface area (Å²) in [6.45, 7) is 4.69. The summed E-state index contributed by atoms with van der Waals surface area (Å²) in [6.07, 6.45) is 0.916. The van der Waals surface area contributed by atoms with Crippen molar-refractivity contribution in [1.82, 2.24) is 15.3 Å². The van der Waals surface area contributed by atoms with Crippen LogP contribution >= 0.6 is 0 Å². The van der Waals surface area contributed by atoms with E-state index in [1.807, 2.05) is 13.8 Å². The number of hydrogen-bond donors (Lipinski definition) is 4. The van der Waals surface area contributed by atoms with Crippen molar-refractivity contribution in [2.75, 3.05) is 23.8 Å². The minimum absolute atomic E-state index is 0.0645. The van der Waals surface area contributed by atoms with Crippen LogP contribution in [0.1, 0.15) is 19.0 Å². The lowest BCUT2D eigenvalue weighted by molar-refractivity contribution is -0.119. The van der Waals surface area contributed by atoms with Gasteiger partial charge in [0.1, 0.15) is 5.82 Å². The highest BCUT2D eigenvalue weighted by Gasteiger charge is 2.03. The molecular formula is C10H18N6O. The number of aromatic nitrogens is 2. The lowest BCUT2D eigenvalue weighted by Gasteiger charge is -2.08. The van der Waals surface area contributed by atoms with Gasteiger partial charge in [-0.2, -0.15) is 4.98 Å². The molecule has 7 heteroatoms. The van der Waals surface area contributed by atoms with Crippen LogP contribution in [0, 0.1) is 6.92 Å². The molecule has 94 valence electrons. The van der Waals surface area contributed by atoms with Gasteiger partial charge < -0.3 is 10.6 Å². The quantitative estimate of drug-likeness (QED) is 0.411. The predicted molar refractivity (Wildman–Crippen MR) is 66.4 cm³/mol. The summed E-state index contributed by atoms with van der Waals surface area (Å²) in [5.41, 5.74) is 3.14. The molecule has 0 bridgehead atoms. The van der Waals surface area contributed by atoms with E-state index in [1.54, 1.807) is 6.07 Å². The number of nitrogen functional groups attached to an aromatic ring is 1. The Morgan fingerprint density at radius 1 is 1.47 bits per heavy atom. The normalized spacial score (nSPS) is 9.82. The highest BCUT2D eigenvalue weighted by atomic mass is 16.1. The molecule has 7 nitrogen and oxygen atoms in total. The molecule has 0 aliphatic rings. The van der Waals surface area contributed by atoms with Gasteiger partial charge in [-0.15, -0.1) is 0 Å². The summed E-state index contributed by atoms with van der Waals surface area (Å²) in [7, 11) is 0. The molecule has 0 spiro atoms. The number of nitrogens with one attached hydrogen (secondary N) is 3. The summed E-state index contributed by atoms with van der Waals surface area (Å²) >= 11 is 0. The van der Waals surface area contributed by atoms with Gasteiger partial charge in [-0.3, -0.25) is 10.2 Å². The van der Waals surface area contributed by atoms with E-state index in [0.29, 0.717) is 18.3 Å². The number of amides is 1. The fraction of sp³-hybridized carbons (Fsp3) is 0.500. The molecule has 5 N–H and O–H groups in total. The van der Waals surface area contributed by atoms with Crippen molar-refractivity contribution in [3.8, 4) is 0 Å². The number of anilines is 2. The van der Waals surface area contributed by atoms with E-state index in [4.69, 9.17) is 5.84 Å². The van der Waals surface area contributed by atoms with Crippen molar-refractivity contribution in [3.63, 3.8) is 0 Å². The summed E-state index contributed by atoms with van der Waals surface area (Å²) < 4.78 is 0. The van der Waals surface area contributed by atoms with E-state index in [1.165, 1.54) is 0 Å². The zero-order valence-electron chi connectivity index (χ0n) is 10.1. The Kier molecular flexibility index (Phi) is 5.15. The first-order chi connectivity index (χ1) is 8.15. The second-order valence-electron chi connectivity index (χ2n) is 3.57. The van der Waals surface area contributed by atoms with Crippen LogP contribution in [0.2, 0.25) is 0 Å². The third-order valence-corrected chi connectivity index (χ3v) is 1.99. The number of hydrogen-bond acceptors (Lipinski definition) is 6. The van der Waals surface area contributed by atoms with Gasteiger partial charge in [0.25, 0.3) is 0 Å². The van der Waals surface area contributed by atoms with E-state index < -0.39 is 0 Å². The first-order valence-corrected chi connectivity index (χ1v) is 5.48. The van der Waals surface area contributed by atoms with Crippen LogP contribution in [0.25, 0.3) is 0 Å². The van der Waals surface area contributed by atoms with Crippen LogP contribution in [-0.4, -0.2) is 29.0 Å². The zero-order chi connectivity index (χ0) is 12.7. The Morgan fingerprint density at radius 2 is 2.24 bits per heavy atom. The van der Waals surface area contributed by atoms with Gasteiger partial charge in [0.15, 0.2) is 0 Å². The van der Waals surface area contributed by atoms with Crippen molar-refractivity contribution in [3.05, 3.63) is 11.8 Å². The van der Waals surface area contributed by atoms with Gasteiger partial charge in [0, 0.05) is 18.3 Å². The van der Waals surface area contributed by atoms with E-state index in [9.17, 15) is 4.79 Å². The highest BCUT2D eigenvalue weighted by Crippen LogP contribution is 2.07. The van der Waals surface area contributed by atoms with Gasteiger partial charge in [0.2, 0.25) is 11.9 Å².